The van der Waals surface area contributed by atoms with Crippen molar-refractivity contribution in [3.05, 3.63) is 35.9 Å². The highest BCUT2D eigenvalue weighted by Crippen LogP contribution is 1.98. The first kappa shape index (κ1) is 11.7. The van der Waals surface area contributed by atoms with E-state index in [9.17, 15) is 14.4 Å². The topological polar surface area (TPSA) is 115 Å². The molecule has 0 heterocycles. The van der Waals surface area contributed by atoms with E-state index in [0.717, 1.165) is 0 Å². The fourth-order valence-corrected chi connectivity index (χ4v) is 1.09. The summed E-state index contributed by atoms with van der Waals surface area (Å²) in [6, 6.07) is 6.61. The minimum Gasteiger partial charge on any atom is -0.367 e. The minimum atomic E-state index is -1.49. The molecular weight excluding hydrogens is 210 g/mol. The summed E-state index contributed by atoms with van der Waals surface area (Å²) in [6.45, 7) is 0. The molecule has 0 radical (unpaired) electrons. The Kier molecular flexibility index (Phi) is 3.60. The lowest BCUT2D eigenvalue weighted by atomic mass is 10.2. The lowest BCUT2D eigenvalue weighted by Gasteiger charge is -2.11. The van der Waals surface area contributed by atoms with Crippen LogP contribution >= 0.6 is 0 Å². The molecule has 0 aliphatic heterocycles. The van der Waals surface area contributed by atoms with Gasteiger partial charge >= 0.3 is 0 Å². The summed E-state index contributed by atoms with van der Waals surface area (Å²) in [5.41, 5.74) is 10.1. The molecule has 0 fully saturated rings. The maximum Gasteiger partial charge on any atom is 0.252 e. The van der Waals surface area contributed by atoms with Gasteiger partial charge in [-0.15, -0.1) is 0 Å². The van der Waals surface area contributed by atoms with E-state index < -0.39 is 23.8 Å². The van der Waals surface area contributed by atoms with Crippen LogP contribution in [0.25, 0.3) is 0 Å². The van der Waals surface area contributed by atoms with Crippen molar-refractivity contribution in [1.29, 1.82) is 0 Å². The van der Waals surface area contributed by atoms with E-state index in [1.54, 1.807) is 18.2 Å². The zero-order valence-electron chi connectivity index (χ0n) is 8.34. The second kappa shape index (κ2) is 4.92. The van der Waals surface area contributed by atoms with E-state index in [1.165, 1.54) is 12.1 Å². The Morgan fingerprint density at radius 1 is 1.00 bits per heavy atom. The molecule has 0 aromatic heterocycles. The van der Waals surface area contributed by atoms with Crippen LogP contribution in [0.1, 0.15) is 10.4 Å². The number of hydrogen-bond acceptors (Lipinski definition) is 3. The van der Waals surface area contributed by atoms with Gasteiger partial charge in [-0.3, -0.25) is 14.4 Å². The Morgan fingerprint density at radius 3 is 1.94 bits per heavy atom. The van der Waals surface area contributed by atoms with Crippen molar-refractivity contribution in [2.75, 3.05) is 0 Å². The Labute approximate surface area is 91.6 Å². The first-order chi connectivity index (χ1) is 7.52. The van der Waals surface area contributed by atoms with E-state index in [2.05, 4.69) is 5.32 Å². The molecule has 1 aromatic carbocycles. The average molecular weight is 221 g/mol. The predicted molar refractivity (Wildman–Crippen MR) is 56.1 cm³/mol. The molecule has 0 unspecified atom stereocenters. The van der Waals surface area contributed by atoms with Gasteiger partial charge in [-0.05, 0) is 12.1 Å². The third-order valence-electron chi connectivity index (χ3n) is 1.88. The first-order valence-corrected chi connectivity index (χ1v) is 4.47. The van der Waals surface area contributed by atoms with Crippen molar-refractivity contribution in [2.45, 2.75) is 6.04 Å². The molecular formula is C10H11N3O3. The minimum absolute atomic E-state index is 0.315. The van der Waals surface area contributed by atoms with Gasteiger partial charge in [0.2, 0.25) is 11.8 Å². The van der Waals surface area contributed by atoms with Crippen LogP contribution in [0.3, 0.4) is 0 Å². The van der Waals surface area contributed by atoms with Crippen molar-refractivity contribution in [3.8, 4) is 0 Å². The molecule has 6 heteroatoms. The van der Waals surface area contributed by atoms with E-state index in [0.29, 0.717) is 5.56 Å². The van der Waals surface area contributed by atoms with E-state index in [-0.39, 0.29) is 0 Å². The van der Waals surface area contributed by atoms with Gasteiger partial charge in [0, 0.05) is 5.56 Å². The van der Waals surface area contributed by atoms with Crippen LogP contribution in [0.5, 0.6) is 0 Å². The Balaban J connectivity index is 2.77. The van der Waals surface area contributed by atoms with Gasteiger partial charge in [0.1, 0.15) is 0 Å². The van der Waals surface area contributed by atoms with Crippen LogP contribution in [0.4, 0.5) is 0 Å². The Morgan fingerprint density at radius 2 is 1.50 bits per heavy atom. The number of carbonyl (C=O) groups excluding carboxylic acids is 3. The largest absolute Gasteiger partial charge is 0.367 e. The van der Waals surface area contributed by atoms with Gasteiger partial charge in [0.15, 0.2) is 6.04 Å². The lowest BCUT2D eigenvalue weighted by Crippen LogP contribution is -2.52. The van der Waals surface area contributed by atoms with E-state index >= 15 is 0 Å². The van der Waals surface area contributed by atoms with Crippen LogP contribution in [-0.2, 0) is 9.59 Å². The first-order valence-electron chi connectivity index (χ1n) is 4.47. The van der Waals surface area contributed by atoms with Crippen LogP contribution in [0, 0.1) is 0 Å². The number of primary amides is 2. The predicted octanol–water partition coefficient (Wildman–Crippen LogP) is -1.24. The van der Waals surface area contributed by atoms with Gasteiger partial charge in [-0.25, -0.2) is 0 Å². The molecule has 0 atom stereocenters. The summed E-state index contributed by atoms with van der Waals surface area (Å²) < 4.78 is 0. The maximum atomic E-state index is 11.5. The SMILES string of the molecule is NC(=O)C(NC(=O)c1ccccc1)C(N)=O. The van der Waals surface area contributed by atoms with Gasteiger partial charge in [0.05, 0.1) is 0 Å². The molecule has 84 valence electrons. The molecule has 1 aromatic rings. The van der Waals surface area contributed by atoms with Crippen LogP contribution in [0.2, 0.25) is 0 Å². The quantitative estimate of drug-likeness (QED) is 0.552. The van der Waals surface area contributed by atoms with Gasteiger partial charge in [-0.2, -0.15) is 0 Å². The van der Waals surface area contributed by atoms with E-state index in [1.807, 2.05) is 0 Å². The summed E-state index contributed by atoms with van der Waals surface area (Å²) in [5.74, 6) is -2.56. The molecule has 0 saturated carbocycles. The van der Waals surface area contributed by atoms with Gasteiger partial charge in [-0.1, -0.05) is 18.2 Å². The molecule has 0 aliphatic rings. The number of rotatable bonds is 4. The highest BCUT2D eigenvalue weighted by Gasteiger charge is 2.23. The molecule has 6 nitrogen and oxygen atoms in total. The average Bonchev–Trinajstić information content (AvgIpc) is 2.25. The van der Waals surface area contributed by atoms with Crippen molar-refractivity contribution in [1.82, 2.24) is 5.32 Å². The number of amides is 3. The number of carbonyl (C=O) groups is 3. The third kappa shape index (κ3) is 2.81. The van der Waals surface area contributed by atoms with E-state index in [4.69, 9.17) is 11.5 Å². The maximum absolute atomic E-state index is 11.5. The fourth-order valence-electron chi connectivity index (χ4n) is 1.09. The molecule has 0 aliphatic carbocycles. The molecule has 1 rings (SSSR count). The van der Waals surface area contributed by atoms with Crippen LogP contribution in [0.15, 0.2) is 30.3 Å². The molecule has 0 bridgehead atoms. The summed E-state index contributed by atoms with van der Waals surface area (Å²) >= 11 is 0. The molecule has 0 spiro atoms. The number of nitrogens with one attached hydrogen (secondary N) is 1. The highest BCUT2D eigenvalue weighted by molar-refractivity contribution is 6.08. The molecule has 0 saturated heterocycles. The van der Waals surface area contributed by atoms with Crippen LogP contribution in [-0.4, -0.2) is 23.8 Å². The lowest BCUT2D eigenvalue weighted by molar-refractivity contribution is -0.128. The second-order valence-corrected chi connectivity index (χ2v) is 3.08. The number of nitrogens with two attached hydrogens (primary N) is 2. The van der Waals surface area contributed by atoms with Gasteiger partial charge in [0.25, 0.3) is 5.91 Å². The molecule has 3 amide bonds. The van der Waals surface area contributed by atoms with Crippen molar-refractivity contribution < 1.29 is 14.4 Å². The Hall–Kier alpha value is -2.37. The summed E-state index contributed by atoms with van der Waals surface area (Å²) in [4.78, 5) is 33.2. The summed E-state index contributed by atoms with van der Waals surface area (Å²) in [6.07, 6.45) is 0. The van der Waals surface area contributed by atoms with Crippen molar-refractivity contribution >= 4 is 17.7 Å². The fraction of sp³-hybridized carbons (Fsp3) is 0.100. The molecule has 5 N–H and O–H groups in total. The number of benzene rings is 1. The third-order valence-corrected chi connectivity index (χ3v) is 1.88. The van der Waals surface area contributed by atoms with Crippen molar-refractivity contribution in [2.24, 2.45) is 11.5 Å². The van der Waals surface area contributed by atoms with Crippen molar-refractivity contribution in [3.63, 3.8) is 0 Å². The second-order valence-electron chi connectivity index (χ2n) is 3.08. The van der Waals surface area contributed by atoms with Crippen LogP contribution < -0.4 is 16.8 Å². The Bertz CT molecular complexity index is 403. The number of hydrogen-bond donors (Lipinski definition) is 3. The monoisotopic (exact) mass is 221 g/mol. The standard InChI is InChI=1S/C10H11N3O3/c11-8(14)7(9(12)15)13-10(16)6-4-2-1-3-5-6/h1-5,7H,(H2,11,14)(H2,12,15)(H,13,16). The zero-order valence-corrected chi connectivity index (χ0v) is 8.34. The highest BCUT2D eigenvalue weighted by atomic mass is 16.2. The van der Waals surface area contributed by atoms with Gasteiger partial charge < -0.3 is 16.8 Å². The summed E-state index contributed by atoms with van der Waals surface area (Å²) in [5, 5.41) is 2.14. The zero-order chi connectivity index (χ0) is 12.1. The molecule has 16 heavy (non-hydrogen) atoms. The smallest absolute Gasteiger partial charge is 0.252 e. The normalized spacial score (nSPS) is 9.81. The summed E-state index contributed by atoms with van der Waals surface area (Å²) in [7, 11) is 0.